The fourth-order valence-corrected chi connectivity index (χ4v) is 1.54. The van der Waals surface area contributed by atoms with Crippen molar-refractivity contribution in [1.29, 1.82) is 0 Å². The summed E-state index contributed by atoms with van der Waals surface area (Å²) in [5.74, 6) is 0.213. The number of halogens is 1. The minimum absolute atomic E-state index is 0.261. The maximum absolute atomic E-state index is 12.8. The fourth-order valence-electron chi connectivity index (χ4n) is 1.54. The average Bonchev–Trinajstić information content (AvgIpc) is 2.84. The van der Waals surface area contributed by atoms with Crippen molar-refractivity contribution in [2.45, 2.75) is 0 Å². The first kappa shape index (κ1) is 12.9. The molecule has 2 aromatic rings. The number of nitrogens with one attached hydrogen (secondary N) is 2. The molecule has 1 aromatic carbocycles. The topological polar surface area (TPSA) is 93.0 Å². The summed E-state index contributed by atoms with van der Waals surface area (Å²) in [6, 6.07) is 5.32. The third-order valence-electron chi connectivity index (χ3n) is 2.38. The van der Waals surface area contributed by atoms with E-state index in [4.69, 9.17) is 10.5 Å². The third-order valence-corrected chi connectivity index (χ3v) is 2.38. The number of benzene rings is 1. The molecule has 4 N–H and O–H groups in total. The number of hydrogen-bond donors (Lipinski definition) is 3. The summed E-state index contributed by atoms with van der Waals surface area (Å²) in [5, 5.41) is 9.13. The van der Waals surface area contributed by atoms with Gasteiger partial charge in [0, 0.05) is 5.56 Å². The Morgan fingerprint density at radius 3 is 2.84 bits per heavy atom. The summed E-state index contributed by atoms with van der Waals surface area (Å²) < 4.78 is 18.3. The van der Waals surface area contributed by atoms with Gasteiger partial charge in [-0.1, -0.05) is 0 Å². The molecule has 0 atom stereocenters. The lowest BCUT2D eigenvalue weighted by Crippen LogP contribution is -2.32. The van der Waals surface area contributed by atoms with Crippen molar-refractivity contribution in [1.82, 2.24) is 15.5 Å². The summed E-state index contributed by atoms with van der Waals surface area (Å²) in [6.45, 7) is 0.556. The summed E-state index contributed by atoms with van der Waals surface area (Å²) in [5.41, 5.74) is 6.25. The monoisotopic (exact) mass is 264 g/mol. The number of ether oxygens (including phenoxy) is 1. The van der Waals surface area contributed by atoms with Gasteiger partial charge in [-0.05, 0) is 24.3 Å². The number of urea groups is 1. The molecule has 0 fully saturated rings. The molecule has 0 aliphatic heterocycles. The van der Waals surface area contributed by atoms with Gasteiger partial charge >= 0.3 is 6.03 Å². The first-order valence-corrected chi connectivity index (χ1v) is 5.62. The Morgan fingerprint density at radius 1 is 1.42 bits per heavy atom. The molecule has 6 nitrogen and oxygen atoms in total. The van der Waals surface area contributed by atoms with Gasteiger partial charge < -0.3 is 15.8 Å². The van der Waals surface area contributed by atoms with Crippen molar-refractivity contribution in [3.63, 3.8) is 0 Å². The number of H-pyrrole nitrogens is 1. The van der Waals surface area contributed by atoms with Crippen molar-refractivity contribution < 1.29 is 13.9 Å². The van der Waals surface area contributed by atoms with E-state index in [1.54, 1.807) is 18.3 Å². The van der Waals surface area contributed by atoms with Gasteiger partial charge in [-0.3, -0.25) is 5.10 Å². The van der Waals surface area contributed by atoms with E-state index < -0.39 is 6.03 Å². The molecule has 2 rings (SSSR count). The summed E-state index contributed by atoms with van der Waals surface area (Å²) >= 11 is 0. The van der Waals surface area contributed by atoms with Gasteiger partial charge in [-0.15, -0.1) is 0 Å². The quantitative estimate of drug-likeness (QED) is 0.710. The summed E-state index contributed by atoms with van der Waals surface area (Å²) in [4.78, 5) is 10.5. The van der Waals surface area contributed by atoms with Gasteiger partial charge in [-0.25, -0.2) is 9.18 Å². The first-order chi connectivity index (χ1) is 9.16. The van der Waals surface area contributed by atoms with Crippen LogP contribution in [0.2, 0.25) is 0 Å². The zero-order chi connectivity index (χ0) is 13.7. The molecule has 0 aliphatic rings. The minimum Gasteiger partial charge on any atom is -0.488 e. The van der Waals surface area contributed by atoms with Crippen LogP contribution in [0.5, 0.6) is 5.75 Å². The summed E-state index contributed by atoms with van der Waals surface area (Å²) in [6.07, 6.45) is 1.59. The molecular weight excluding hydrogens is 251 g/mol. The van der Waals surface area contributed by atoms with Crippen LogP contribution in [0.15, 0.2) is 30.5 Å². The van der Waals surface area contributed by atoms with Crippen molar-refractivity contribution in [3.8, 4) is 17.0 Å². The standard InChI is InChI=1S/C12H13FN4O2/c13-9-3-1-8(2-4-9)11-10(7-16-17-11)19-6-5-15-12(14)18/h1-4,7H,5-6H2,(H,16,17)(H3,14,15,18). The van der Waals surface area contributed by atoms with E-state index in [0.717, 1.165) is 5.56 Å². The highest BCUT2D eigenvalue weighted by atomic mass is 19.1. The number of nitrogens with zero attached hydrogens (tertiary/aromatic N) is 1. The molecule has 0 radical (unpaired) electrons. The largest absolute Gasteiger partial charge is 0.488 e. The molecule has 1 heterocycles. The molecule has 7 heteroatoms. The second-order valence-electron chi connectivity index (χ2n) is 3.74. The molecular formula is C12H13FN4O2. The fraction of sp³-hybridized carbons (Fsp3) is 0.167. The number of hydrogen-bond acceptors (Lipinski definition) is 3. The molecule has 0 unspecified atom stereocenters. The highest BCUT2D eigenvalue weighted by Crippen LogP contribution is 2.27. The van der Waals surface area contributed by atoms with Crippen LogP contribution in [0.4, 0.5) is 9.18 Å². The number of rotatable bonds is 5. The lowest BCUT2D eigenvalue weighted by atomic mass is 10.1. The van der Waals surface area contributed by atoms with Gasteiger partial charge in [-0.2, -0.15) is 5.10 Å². The van der Waals surface area contributed by atoms with Crippen LogP contribution >= 0.6 is 0 Å². The van der Waals surface area contributed by atoms with Gasteiger partial charge in [0.1, 0.15) is 18.1 Å². The van der Waals surface area contributed by atoms with E-state index in [1.165, 1.54) is 12.1 Å². The normalized spacial score (nSPS) is 10.2. The van der Waals surface area contributed by atoms with Gasteiger partial charge in [0.2, 0.25) is 0 Å². The molecule has 19 heavy (non-hydrogen) atoms. The molecule has 0 saturated heterocycles. The molecule has 0 saturated carbocycles. The number of amides is 2. The highest BCUT2D eigenvalue weighted by Gasteiger charge is 2.09. The Balaban J connectivity index is 2.01. The lowest BCUT2D eigenvalue weighted by Gasteiger charge is -2.06. The number of carbonyl (C=O) groups is 1. The Morgan fingerprint density at radius 2 is 2.16 bits per heavy atom. The Kier molecular flexibility index (Phi) is 3.97. The van der Waals surface area contributed by atoms with Crippen LogP contribution in [0.3, 0.4) is 0 Å². The number of aromatic amines is 1. The minimum atomic E-state index is -0.602. The van der Waals surface area contributed by atoms with Crippen LogP contribution < -0.4 is 15.8 Å². The Labute approximate surface area is 108 Å². The number of primary amides is 1. The van der Waals surface area contributed by atoms with E-state index in [1.807, 2.05) is 0 Å². The van der Waals surface area contributed by atoms with Crippen molar-refractivity contribution in [2.24, 2.45) is 5.73 Å². The van der Waals surface area contributed by atoms with Crippen molar-refractivity contribution in [3.05, 3.63) is 36.3 Å². The van der Waals surface area contributed by atoms with Gasteiger partial charge in [0.25, 0.3) is 0 Å². The van der Waals surface area contributed by atoms with E-state index in [-0.39, 0.29) is 12.4 Å². The van der Waals surface area contributed by atoms with Crippen LogP contribution in [0, 0.1) is 5.82 Å². The number of carbonyl (C=O) groups excluding carboxylic acids is 1. The molecule has 2 amide bonds. The molecule has 100 valence electrons. The van der Waals surface area contributed by atoms with Crippen LogP contribution in [0.1, 0.15) is 0 Å². The predicted molar refractivity (Wildman–Crippen MR) is 67.1 cm³/mol. The second kappa shape index (κ2) is 5.85. The van der Waals surface area contributed by atoms with Crippen molar-refractivity contribution >= 4 is 6.03 Å². The van der Waals surface area contributed by atoms with Crippen molar-refractivity contribution in [2.75, 3.05) is 13.2 Å². The average molecular weight is 264 g/mol. The second-order valence-corrected chi connectivity index (χ2v) is 3.74. The van der Waals surface area contributed by atoms with Gasteiger partial charge in [0.15, 0.2) is 5.75 Å². The smallest absolute Gasteiger partial charge is 0.312 e. The van der Waals surface area contributed by atoms with E-state index >= 15 is 0 Å². The lowest BCUT2D eigenvalue weighted by molar-refractivity contribution is 0.244. The highest BCUT2D eigenvalue weighted by molar-refractivity contribution is 5.71. The van der Waals surface area contributed by atoms with Crippen LogP contribution in [-0.2, 0) is 0 Å². The zero-order valence-corrected chi connectivity index (χ0v) is 10.0. The summed E-state index contributed by atoms with van der Waals surface area (Å²) in [7, 11) is 0. The molecule has 1 aromatic heterocycles. The zero-order valence-electron chi connectivity index (χ0n) is 10.0. The Bertz CT molecular complexity index is 553. The maximum atomic E-state index is 12.8. The van der Waals surface area contributed by atoms with Gasteiger partial charge in [0.05, 0.1) is 12.7 Å². The Hall–Kier alpha value is -2.57. The van der Waals surface area contributed by atoms with E-state index in [9.17, 15) is 9.18 Å². The molecule has 0 bridgehead atoms. The molecule has 0 spiro atoms. The van der Waals surface area contributed by atoms with Crippen LogP contribution in [0.25, 0.3) is 11.3 Å². The van der Waals surface area contributed by atoms with Crippen LogP contribution in [-0.4, -0.2) is 29.4 Å². The van der Waals surface area contributed by atoms with E-state index in [0.29, 0.717) is 18.0 Å². The number of aromatic nitrogens is 2. The number of nitrogens with two attached hydrogens (primary N) is 1. The maximum Gasteiger partial charge on any atom is 0.312 e. The third kappa shape index (κ3) is 3.44. The SMILES string of the molecule is NC(=O)NCCOc1c[nH]nc1-c1ccc(F)cc1. The van der Waals surface area contributed by atoms with E-state index in [2.05, 4.69) is 15.5 Å². The molecule has 0 aliphatic carbocycles. The first-order valence-electron chi connectivity index (χ1n) is 5.62. The predicted octanol–water partition coefficient (Wildman–Crippen LogP) is 1.26.